The summed E-state index contributed by atoms with van der Waals surface area (Å²) in [6.07, 6.45) is 1.15. The minimum absolute atomic E-state index is 0.119. The van der Waals surface area contributed by atoms with Gasteiger partial charge in [0.05, 0.1) is 0 Å². The topological polar surface area (TPSA) is 15.3 Å². The van der Waals surface area contributed by atoms with Crippen LogP contribution in [0.2, 0.25) is 0 Å². The Morgan fingerprint density at radius 3 is 2.93 bits per heavy atom. The van der Waals surface area contributed by atoms with Crippen molar-refractivity contribution in [2.75, 3.05) is 31.1 Å². The van der Waals surface area contributed by atoms with Crippen LogP contribution in [0.3, 0.4) is 0 Å². The van der Waals surface area contributed by atoms with Gasteiger partial charge in [-0.25, -0.2) is 4.39 Å². The van der Waals surface area contributed by atoms with E-state index >= 15 is 0 Å². The van der Waals surface area contributed by atoms with Crippen LogP contribution in [0.5, 0.6) is 0 Å². The SMILES string of the molecule is Cc1cc(N2CCCNCC2)ccc1F. The third kappa shape index (κ3) is 2.48. The first-order valence-electron chi connectivity index (χ1n) is 5.49. The van der Waals surface area contributed by atoms with Crippen molar-refractivity contribution >= 4 is 5.69 Å². The van der Waals surface area contributed by atoms with Crippen molar-refractivity contribution in [3.8, 4) is 0 Å². The van der Waals surface area contributed by atoms with Gasteiger partial charge in [-0.05, 0) is 43.7 Å². The highest BCUT2D eigenvalue weighted by atomic mass is 19.1. The zero-order valence-corrected chi connectivity index (χ0v) is 9.09. The Balaban J connectivity index is 2.16. The molecule has 2 rings (SSSR count). The number of nitrogens with zero attached hydrogens (tertiary/aromatic N) is 1. The Kier molecular flexibility index (Phi) is 3.21. The molecule has 0 aliphatic carbocycles. The number of aryl methyl sites for hydroxylation is 1. The fourth-order valence-corrected chi connectivity index (χ4v) is 1.93. The lowest BCUT2D eigenvalue weighted by Gasteiger charge is -2.22. The van der Waals surface area contributed by atoms with Crippen molar-refractivity contribution in [3.05, 3.63) is 29.6 Å². The highest BCUT2D eigenvalue weighted by Crippen LogP contribution is 2.18. The quantitative estimate of drug-likeness (QED) is 0.758. The monoisotopic (exact) mass is 208 g/mol. The van der Waals surface area contributed by atoms with Crippen LogP contribution in [0.4, 0.5) is 10.1 Å². The molecule has 0 atom stereocenters. The van der Waals surface area contributed by atoms with Gasteiger partial charge in [0.1, 0.15) is 5.82 Å². The average molecular weight is 208 g/mol. The summed E-state index contributed by atoms with van der Waals surface area (Å²) in [6.45, 7) is 5.96. The van der Waals surface area contributed by atoms with Crippen molar-refractivity contribution in [2.24, 2.45) is 0 Å². The number of nitrogens with one attached hydrogen (secondary N) is 1. The van der Waals surface area contributed by atoms with Gasteiger partial charge >= 0.3 is 0 Å². The number of rotatable bonds is 1. The first-order chi connectivity index (χ1) is 7.27. The zero-order valence-electron chi connectivity index (χ0n) is 9.09. The summed E-state index contributed by atoms with van der Waals surface area (Å²) < 4.78 is 13.1. The number of halogens is 1. The molecular weight excluding hydrogens is 191 g/mol. The van der Waals surface area contributed by atoms with E-state index in [1.165, 1.54) is 0 Å². The smallest absolute Gasteiger partial charge is 0.126 e. The van der Waals surface area contributed by atoms with E-state index in [1.54, 1.807) is 6.07 Å². The fraction of sp³-hybridized carbons (Fsp3) is 0.500. The maximum Gasteiger partial charge on any atom is 0.126 e. The third-order valence-electron chi connectivity index (χ3n) is 2.85. The molecule has 0 saturated carbocycles. The summed E-state index contributed by atoms with van der Waals surface area (Å²) >= 11 is 0. The van der Waals surface area contributed by atoms with Crippen LogP contribution in [-0.4, -0.2) is 26.2 Å². The Bertz CT molecular complexity index is 330. The second-order valence-corrected chi connectivity index (χ2v) is 4.02. The minimum Gasteiger partial charge on any atom is -0.370 e. The maximum absolute atomic E-state index is 13.1. The summed E-state index contributed by atoms with van der Waals surface area (Å²) in [5.41, 5.74) is 1.86. The lowest BCUT2D eigenvalue weighted by Crippen LogP contribution is -2.27. The molecule has 0 aromatic heterocycles. The molecule has 1 aromatic rings. The molecule has 3 heteroatoms. The fourth-order valence-electron chi connectivity index (χ4n) is 1.93. The van der Waals surface area contributed by atoms with E-state index in [2.05, 4.69) is 10.2 Å². The van der Waals surface area contributed by atoms with Crippen molar-refractivity contribution < 1.29 is 4.39 Å². The molecular formula is C12H17FN2. The number of benzene rings is 1. The third-order valence-corrected chi connectivity index (χ3v) is 2.85. The first-order valence-corrected chi connectivity index (χ1v) is 5.49. The van der Waals surface area contributed by atoms with Gasteiger partial charge in [-0.1, -0.05) is 0 Å². The van der Waals surface area contributed by atoms with Crippen LogP contribution >= 0.6 is 0 Å². The Hall–Kier alpha value is -1.09. The number of anilines is 1. The molecule has 1 aromatic carbocycles. The van der Waals surface area contributed by atoms with Crippen molar-refractivity contribution in [1.82, 2.24) is 5.32 Å². The molecule has 0 spiro atoms. The predicted molar refractivity (Wildman–Crippen MR) is 60.8 cm³/mol. The van der Waals surface area contributed by atoms with E-state index in [-0.39, 0.29) is 5.82 Å². The lowest BCUT2D eigenvalue weighted by atomic mass is 10.2. The van der Waals surface area contributed by atoms with E-state index in [1.807, 2.05) is 19.1 Å². The van der Waals surface area contributed by atoms with Crippen LogP contribution in [0, 0.1) is 12.7 Å². The molecule has 82 valence electrons. The molecule has 1 N–H and O–H groups in total. The second kappa shape index (κ2) is 4.62. The first kappa shape index (κ1) is 10.4. The normalized spacial score (nSPS) is 17.6. The summed E-state index contributed by atoms with van der Waals surface area (Å²) in [7, 11) is 0. The molecule has 1 aliphatic rings. The van der Waals surface area contributed by atoms with Crippen LogP contribution in [0.15, 0.2) is 18.2 Å². The van der Waals surface area contributed by atoms with Gasteiger partial charge in [-0.15, -0.1) is 0 Å². The molecule has 15 heavy (non-hydrogen) atoms. The largest absolute Gasteiger partial charge is 0.370 e. The summed E-state index contributed by atoms with van der Waals surface area (Å²) in [6, 6.07) is 5.36. The van der Waals surface area contributed by atoms with Crippen LogP contribution in [0.1, 0.15) is 12.0 Å². The summed E-state index contributed by atoms with van der Waals surface area (Å²) in [5, 5.41) is 3.36. The molecule has 0 amide bonds. The van der Waals surface area contributed by atoms with Gasteiger partial charge in [-0.2, -0.15) is 0 Å². The highest BCUT2D eigenvalue weighted by Gasteiger charge is 2.10. The van der Waals surface area contributed by atoms with Gasteiger partial charge in [0.2, 0.25) is 0 Å². The maximum atomic E-state index is 13.1. The van der Waals surface area contributed by atoms with Gasteiger partial charge < -0.3 is 10.2 Å². The van der Waals surface area contributed by atoms with Crippen molar-refractivity contribution in [1.29, 1.82) is 0 Å². The molecule has 1 aliphatic heterocycles. The predicted octanol–water partition coefficient (Wildman–Crippen LogP) is 1.93. The summed E-state index contributed by atoms with van der Waals surface area (Å²) in [5.74, 6) is -0.119. The average Bonchev–Trinajstić information content (AvgIpc) is 2.50. The standard InChI is InChI=1S/C12H17FN2/c1-10-9-11(3-4-12(10)13)15-7-2-5-14-6-8-15/h3-4,9,14H,2,5-8H2,1H3. The molecule has 0 radical (unpaired) electrons. The molecule has 1 heterocycles. The van der Waals surface area contributed by atoms with Crippen LogP contribution in [0.25, 0.3) is 0 Å². The van der Waals surface area contributed by atoms with Gasteiger partial charge in [0.15, 0.2) is 0 Å². The number of hydrogen-bond donors (Lipinski definition) is 1. The van der Waals surface area contributed by atoms with E-state index in [4.69, 9.17) is 0 Å². The second-order valence-electron chi connectivity index (χ2n) is 4.02. The van der Waals surface area contributed by atoms with Crippen molar-refractivity contribution in [2.45, 2.75) is 13.3 Å². The van der Waals surface area contributed by atoms with E-state index in [0.29, 0.717) is 0 Å². The van der Waals surface area contributed by atoms with Gasteiger partial charge in [0.25, 0.3) is 0 Å². The Morgan fingerprint density at radius 1 is 1.27 bits per heavy atom. The lowest BCUT2D eigenvalue weighted by molar-refractivity contribution is 0.618. The zero-order chi connectivity index (χ0) is 10.7. The number of hydrogen-bond acceptors (Lipinski definition) is 2. The molecule has 1 saturated heterocycles. The molecule has 2 nitrogen and oxygen atoms in total. The van der Waals surface area contributed by atoms with Gasteiger partial charge in [-0.3, -0.25) is 0 Å². The van der Waals surface area contributed by atoms with Gasteiger partial charge in [0, 0.05) is 25.3 Å². The van der Waals surface area contributed by atoms with Crippen molar-refractivity contribution in [3.63, 3.8) is 0 Å². The Labute approximate surface area is 90.1 Å². The van der Waals surface area contributed by atoms with Crippen LogP contribution < -0.4 is 10.2 Å². The minimum atomic E-state index is -0.119. The summed E-state index contributed by atoms with van der Waals surface area (Å²) in [4.78, 5) is 2.31. The van der Waals surface area contributed by atoms with Crippen LogP contribution in [-0.2, 0) is 0 Å². The molecule has 0 unspecified atom stereocenters. The van der Waals surface area contributed by atoms with E-state index in [9.17, 15) is 4.39 Å². The van der Waals surface area contributed by atoms with E-state index in [0.717, 1.165) is 43.9 Å². The Morgan fingerprint density at radius 2 is 2.13 bits per heavy atom. The van der Waals surface area contributed by atoms with E-state index < -0.39 is 0 Å². The molecule has 0 bridgehead atoms. The molecule has 1 fully saturated rings. The highest BCUT2D eigenvalue weighted by molar-refractivity contribution is 5.48.